The summed E-state index contributed by atoms with van der Waals surface area (Å²) >= 11 is 0. The summed E-state index contributed by atoms with van der Waals surface area (Å²) in [5.41, 5.74) is 19.7. The number of nitrogen functional groups attached to an aromatic ring is 2. The number of hydrogen-bond donors (Lipinski definition) is 3. The molecule has 0 aliphatic carbocycles. The SMILES string of the molecule is C.C.C.C.C.C.C.C.C.C.CC(=O)c1ccc2cc(OC(=O)c3ccc4cc(N)ccc4c3)ccc2c1.CC(=O)c1cccc(C(C)=O)c1.CC(C)=O.COc1ccc(C)cc1.COc1ccc(NC(=O)c2ccc3cc(N)ccc3c2)cc1.COc1ccc(OC)c(P2(=O)Oc3ccccc3-c3ccccc32)c1. The molecular weight excluding hydrogens is 1390 g/mol. The summed E-state index contributed by atoms with van der Waals surface area (Å²) in [5, 5.41) is 9.75. The number of nitrogens with one attached hydrogen (secondary N) is 1. The van der Waals surface area contributed by atoms with Gasteiger partial charge in [-0.1, -0.05) is 189 Å². The van der Waals surface area contributed by atoms with E-state index in [2.05, 4.69) is 12.2 Å². The third kappa shape index (κ3) is 27.3. The van der Waals surface area contributed by atoms with E-state index >= 15 is 0 Å². The van der Waals surface area contributed by atoms with E-state index in [9.17, 15) is 33.3 Å². The van der Waals surface area contributed by atoms with Gasteiger partial charge in [0.25, 0.3) is 5.91 Å². The number of para-hydroxylation sites is 1. The van der Waals surface area contributed by atoms with Gasteiger partial charge in [-0.15, -0.1) is 0 Å². The van der Waals surface area contributed by atoms with Crippen LogP contribution in [0.1, 0.15) is 166 Å². The molecule has 0 fully saturated rings. The van der Waals surface area contributed by atoms with Gasteiger partial charge in [-0.05, 0) is 219 Å². The number of amides is 1. The Morgan fingerprint density at radius 3 is 1.26 bits per heavy atom. The normalized spacial score (nSPS) is 10.9. The molecular formula is C92H116N3O13P. The lowest BCUT2D eigenvalue weighted by atomic mass is 10.0. The molecule has 0 bridgehead atoms. The molecule has 0 spiro atoms. The van der Waals surface area contributed by atoms with Crippen LogP contribution >= 0.6 is 7.37 Å². The number of aryl methyl sites for hydroxylation is 1. The van der Waals surface area contributed by atoms with Crippen molar-refractivity contribution >= 4 is 102 Å². The first-order valence-electron chi connectivity index (χ1n) is 31.2. The summed E-state index contributed by atoms with van der Waals surface area (Å²) in [6.45, 7) is 9.62. The average Bonchev–Trinajstić information content (AvgIpc) is 0.732. The van der Waals surface area contributed by atoms with Gasteiger partial charge in [-0.2, -0.15) is 0 Å². The highest BCUT2D eigenvalue weighted by Crippen LogP contribution is 2.55. The summed E-state index contributed by atoms with van der Waals surface area (Å²) in [6, 6.07) is 75.3. The molecule has 109 heavy (non-hydrogen) atoms. The number of rotatable bonds is 12. The third-order valence-corrected chi connectivity index (χ3v) is 17.7. The standard InChI is InChI=1S/C23H17NO3.C20H17O4P.C18H16N2O2.C10H10O2.C8H10O.C3H6O.10CH4/c1-14(25)15-2-3-19-13-22(9-7-17(19)10-15)27-23(26)20-5-4-18-12-21(24)8-6-16(18)11-20;1-22-14-11-12-18(23-2)20(13-14)25(21)19-10-6-4-8-16(19)15-7-3-5-9-17(15)24-25;1-22-17-8-6-16(7-9-17)20-18(21)14-3-2-13-11-15(19)5-4-12(13)10-14;1-7(11)9-4-3-5-10(6-9)8(2)12;1-7-3-5-8(9-2)6-4-7;1-3(2)4;;;;;;;;;;/h2-13H,24H2,1H3;3-13H,1-2H3;2-11H,19H2,1H3,(H,20,21);3-6H,1-2H3;3-6H,1-2H3;1-2H3;10*1H4. The second-order valence-electron chi connectivity index (χ2n) is 22.8. The van der Waals surface area contributed by atoms with Crippen molar-refractivity contribution in [3.05, 3.63) is 282 Å². The predicted octanol–water partition coefficient (Wildman–Crippen LogP) is 23.7. The lowest BCUT2D eigenvalue weighted by molar-refractivity contribution is -0.115. The van der Waals surface area contributed by atoms with Crippen molar-refractivity contribution in [1.29, 1.82) is 0 Å². The highest BCUT2D eigenvalue weighted by Gasteiger charge is 2.40. The van der Waals surface area contributed by atoms with E-state index in [-0.39, 0.29) is 103 Å². The zero-order chi connectivity index (χ0) is 71.3. The lowest BCUT2D eigenvalue weighted by Crippen LogP contribution is -2.26. The summed E-state index contributed by atoms with van der Waals surface area (Å²) < 4.78 is 46.6. The molecule has 1 amide bonds. The van der Waals surface area contributed by atoms with Crippen LogP contribution in [0.25, 0.3) is 43.4 Å². The summed E-state index contributed by atoms with van der Waals surface area (Å²) in [6.07, 6.45) is 0. The quantitative estimate of drug-likeness (QED) is 0.0339. The molecule has 12 aromatic rings. The number of fused-ring (bicyclic) bond motifs is 6. The Hall–Kier alpha value is -12.1. The van der Waals surface area contributed by atoms with Gasteiger partial charge in [0.15, 0.2) is 17.3 Å². The van der Waals surface area contributed by atoms with Crippen LogP contribution in [-0.4, -0.2) is 63.4 Å². The molecule has 13 rings (SSSR count). The second kappa shape index (κ2) is 47.4. The molecule has 0 saturated carbocycles. The van der Waals surface area contributed by atoms with Gasteiger partial charge in [-0.3, -0.25) is 23.7 Å². The van der Waals surface area contributed by atoms with Crippen molar-refractivity contribution in [2.24, 2.45) is 0 Å². The van der Waals surface area contributed by atoms with E-state index in [0.29, 0.717) is 72.8 Å². The van der Waals surface area contributed by atoms with Crippen molar-refractivity contribution in [2.75, 3.05) is 45.2 Å². The molecule has 12 aromatic carbocycles. The maximum absolute atomic E-state index is 14.1. The molecule has 5 N–H and O–H groups in total. The fourth-order valence-corrected chi connectivity index (χ4v) is 12.5. The fourth-order valence-electron chi connectivity index (χ4n) is 10.1. The van der Waals surface area contributed by atoms with Gasteiger partial charge in [0.1, 0.15) is 40.3 Å². The van der Waals surface area contributed by atoms with Gasteiger partial charge >= 0.3 is 13.3 Å². The summed E-state index contributed by atoms with van der Waals surface area (Å²) in [7, 11) is 3.02. The molecule has 0 aromatic heterocycles. The Balaban J connectivity index is -0.00000129. The minimum atomic E-state index is -3.39. The van der Waals surface area contributed by atoms with Gasteiger partial charge in [0, 0.05) is 44.9 Å². The minimum Gasteiger partial charge on any atom is -0.497 e. The van der Waals surface area contributed by atoms with Crippen LogP contribution in [0.2, 0.25) is 0 Å². The summed E-state index contributed by atoms with van der Waals surface area (Å²) in [4.78, 5) is 67.6. The van der Waals surface area contributed by atoms with Crippen LogP contribution in [0.15, 0.2) is 249 Å². The topological polar surface area (TPSA) is 239 Å². The predicted molar refractivity (Wildman–Crippen MR) is 463 cm³/mol. The number of hydrogen-bond acceptors (Lipinski definition) is 15. The first kappa shape index (κ1) is 101. The average molecular weight is 1500 g/mol. The van der Waals surface area contributed by atoms with Crippen molar-refractivity contribution in [3.8, 4) is 45.6 Å². The lowest BCUT2D eigenvalue weighted by Gasteiger charge is -2.29. The second-order valence-corrected chi connectivity index (χ2v) is 25.1. The Kier molecular flexibility index (Phi) is 44.0. The monoisotopic (exact) mass is 1500 g/mol. The first-order valence-corrected chi connectivity index (χ1v) is 32.8. The Morgan fingerprint density at radius 1 is 0.358 bits per heavy atom. The Morgan fingerprint density at radius 2 is 0.752 bits per heavy atom. The first-order chi connectivity index (χ1) is 47.5. The number of ether oxygens (including phenoxy) is 5. The number of anilines is 3. The highest BCUT2D eigenvalue weighted by molar-refractivity contribution is 7.75. The van der Waals surface area contributed by atoms with E-state index < -0.39 is 13.3 Å². The molecule has 1 heterocycles. The molecule has 1 aliphatic heterocycles. The van der Waals surface area contributed by atoms with Gasteiger partial charge in [0.2, 0.25) is 0 Å². The molecule has 1 aliphatic rings. The number of carbonyl (C=O) groups excluding carboxylic acids is 6. The third-order valence-electron chi connectivity index (χ3n) is 15.3. The maximum Gasteiger partial charge on any atom is 0.343 e. The van der Waals surface area contributed by atoms with Crippen LogP contribution in [0, 0.1) is 6.92 Å². The number of esters is 1. The number of Topliss-reactive ketones (excluding diaryl/α,β-unsaturated/α-hetero) is 4. The van der Waals surface area contributed by atoms with Crippen LogP contribution in [-0.2, 0) is 9.36 Å². The number of nitrogens with two attached hydrogens (primary N) is 2. The van der Waals surface area contributed by atoms with Crippen molar-refractivity contribution in [1.82, 2.24) is 0 Å². The van der Waals surface area contributed by atoms with E-state index in [0.717, 1.165) is 60.6 Å². The molecule has 1 atom stereocenters. The van der Waals surface area contributed by atoms with Crippen LogP contribution in [0.3, 0.4) is 0 Å². The largest absolute Gasteiger partial charge is 0.497 e. The number of ketones is 4. The minimum absolute atomic E-state index is 0. The van der Waals surface area contributed by atoms with Crippen molar-refractivity contribution in [3.63, 3.8) is 0 Å². The Labute approximate surface area is 649 Å². The smallest absolute Gasteiger partial charge is 0.343 e. The zero-order valence-corrected chi connectivity index (χ0v) is 57.5. The molecule has 16 nitrogen and oxygen atoms in total. The van der Waals surface area contributed by atoms with Crippen molar-refractivity contribution < 1.29 is 61.5 Å². The number of carbonyl (C=O) groups is 6. The number of methoxy groups -OCH3 is 4. The molecule has 1 unspecified atom stereocenters. The van der Waals surface area contributed by atoms with Crippen LogP contribution in [0.5, 0.6) is 34.5 Å². The van der Waals surface area contributed by atoms with E-state index in [1.807, 2.05) is 140 Å². The molecule has 0 radical (unpaired) electrons. The van der Waals surface area contributed by atoms with Gasteiger partial charge in [-0.25, -0.2) is 4.79 Å². The highest BCUT2D eigenvalue weighted by atomic mass is 31.2. The molecule has 582 valence electrons. The van der Waals surface area contributed by atoms with E-state index in [1.165, 1.54) is 40.2 Å². The number of benzene rings is 12. The van der Waals surface area contributed by atoms with Gasteiger partial charge < -0.3 is 49.8 Å². The Bertz CT molecular complexity index is 4940. The molecule has 17 heteroatoms. The summed E-state index contributed by atoms with van der Waals surface area (Å²) in [5.74, 6) is 3.43. The van der Waals surface area contributed by atoms with Gasteiger partial charge in [0.05, 0.1) is 44.6 Å². The molecule has 0 saturated heterocycles. The van der Waals surface area contributed by atoms with Crippen LogP contribution < -0.4 is 55.6 Å². The maximum atomic E-state index is 14.1. The van der Waals surface area contributed by atoms with E-state index in [4.69, 9.17) is 39.7 Å². The van der Waals surface area contributed by atoms with Crippen molar-refractivity contribution in [2.45, 2.75) is 116 Å². The van der Waals surface area contributed by atoms with E-state index in [1.54, 1.807) is 138 Å². The fraction of sp³-hybridized carbons (Fsp3) is 0.217. The zero-order valence-electron chi connectivity index (χ0n) is 56.6. The van der Waals surface area contributed by atoms with Crippen LogP contribution in [0.4, 0.5) is 17.1 Å².